The van der Waals surface area contributed by atoms with Gasteiger partial charge < -0.3 is 4.42 Å². The zero-order valence-corrected chi connectivity index (χ0v) is 11.8. The van der Waals surface area contributed by atoms with E-state index in [0.717, 1.165) is 10.0 Å². The summed E-state index contributed by atoms with van der Waals surface area (Å²) in [6, 6.07) is 7.67. The lowest BCUT2D eigenvalue weighted by Crippen LogP contribution is -1.78. The fourth-order valence-electron chi connectivity index (χ4n) is 1.15. The Hall–Kier alpha value is -0.780. The second-order valence-corrected chi connectivity index (χ2v) is 5.47. The molecule has 88 valence electrons. The minimum atomic E-state index is 0.484. The minimum Gasteiger partial charge on any atom is -0.411 e. The van der Waals surface area contributed by atoms with Gasteiger partial charge in [0.05, 0.1) is 5.56 Å². The highest BCUT2D eigenvalue weighted by Crippen LogP contribution is 2.29. The quantitative estimate of drug-likeness (QED) is 0.781. The van der Waals surface area contributed by atoms with Gasteiger partial charge in [-0.2, -0.15) is 0 Å². The predicted octanol–water partition coefficient (Wildman–Crippen LogP) is 4.34. The van der Waals surface area contributed by atoms with Gasteiger partial charge in [0, 0.05) is 15.3 Å². The van der Waals surface area contributed by atoms with E-state index >= 15 is 0 Å². The Morgan fingerprint density at radius 1 is 1.41 bits per heavy atom. The number of aromatic nitrogens is 2. The second kappa shape index (κ2) is 5.71. The Morgan fingerprint density at radius 2 is 2.18 bits per heavy atom. The third-order valence-electron chi connectivity index (χ3n) is 1.86. The molecule has 0 aliphatic heterocycles. The van der Waals surface area contributed by atoms with E-state index in [1.54, 1.807) is 0 Å². The van der Waals surface area contributed by atoms with Crippen LogP contribution in [0.3, 0.4) is 0 Å². The lowest BCUT2D eigenvalue weighted by atomic mass is 10.2. The van der Waals surface area contributed by atoms with Gasteiger partial charge in [-0.15, -0.1) is 10.2 Å². The molecule has 0 bridgehead atoms. The molecule has 0 saturated heterocycles. The first-order chi connectivity index (χ1) is 8.16. The van der Waals surface area contributed by atoms with E-state index in [4.69, 9.17) is 16.0 Å². The van der Waals surface area contributed by atoms with Gasteiger partial charge in [0.2, 0.25) is 5.89 Å². The molecule has 0 aliphatic carbocycles. The summed E-state index contributed by atoms with van der Waals surface area (Å²) in [5.74, 6) is 1.04. The molecule has 0 fully saturated rings. The molecule has 2 aromatic rings. The number of benzene rings is 1. The lowest BCUT2D eigenvalue weighted by molar-refractivity contribution is 0.466. The first-order valence-electron chi connectivity index (χ1n) is 4.71. The topological polar surface area (TPSA) is 38.9 Å². The van der Waals surface area contributed by atoms with Crippen molar-refractivity contribution in [2.75, 3.05) is 5.75 Å². The maximum Gasteiger partial charge on any atom is 0.277 e. The number of rotatable bonds is 4. The van der Waals surface area contributed by atoms with Crippen molar-refractivity contribution in [1.29, 1.82) is 0 Å². The van der Waals surface area contributed by atoms with Crippen molar-refractivity contribution >= 4 is 39.3 Å². The fraction of sp³-hybridized carbons (Fsp3) is 0.0909. The van der Waals surface area contributed by atoms with Gasteiger partial charge in [-0.3, -0.25) is 0 Å². The number of halogens is 2. The van der Waals surface area contributed by atoms with E-state index < -0.39 is 0 Å². The van der Waals surface area contributed by atoms with Crippen LogP contribution in [0.25, 0.3) is 11.5 Å². The van der Waals surface area contributed by atoms with Crippen LogP contribution in [0, 0.1) is 0 Å². The van der Waals surface area contributed by atoms with Gasteiger partial charge in [0.15, 0.2) is 0 Å². The highest BCUT2D eigenvalue weighted by Gasteiger charge is 2.11. The van der Waals surface area contributed by atoms with Gasteiger partial charge in [0.25, 0.3) is 5.22 Å². The third kappa shape index (κ3) is 3.34. The summed E-state index contributed by atoms with van der Waals surface area (Å²) >= 11 is 10.5. The van der Waals surface area contributed by atoms with E-state index in [1.165, 1.54) is 11.8 Å². The van der Waals surface area contributed by atoms with Gasteiger partial charge >= 0.3 is 0 Å². The normalized spacial score (nSPS) is 10.5. The van der Waals surface area contributed by atoms with Gasteiger partial charge in [-0.25, -0.2) is 0 Å². The molecule has 0 unspecified atom stereocenters. The van der Waals surface area contributed by atoms with E-state index in [-0.39, 0.29) is 0 Å². The molecule has 0 atom stereocenters. The smallest absolute Gasteiger partial charge is 0.277 e. The molecule has 0 amide bonds. The predicted molar refractivity (Wildman–Crippen MR) is 73.2 cm³/mol. The maximum atomic E-state index is 5.66. The fourth-order valence-corrected chi connectivity index (χ4v) is 2.29. The van der Waals surface area contributed by atoms with Crippen LogP contribution in [0.5, 0.6) is 0 Å². The van der Waals surface area contributed by atoms with Crippen molar-refractivity contribution in [3.8, 4) is 11.5 Å². The molecule has 3 nitrogen and oxygen atoms in total. The monoisotopic (exact) mass is 330 g/mol. The Labute approximate surface area is 116 Å². The summed E-state index contributed by atoms with van der Waals surface area (Å²) < 4.78 is 6.43. The average molecular weight is 332 g/mol. The number of hydrogen-bond donors (Lipinski definition) is 0. The molecule has 0 aliphatic rings. The first kappa shape index (κ1) is 12.7. The minimum absolute atomic E-state index is 0.484. The Morgan fingerprint density at radius 3 is 2.88 bits per heavy atom. The molecule has 0 radical (unpaired) electrons. The lowest BCUT2D eigenvalue weighted by Gasteiger charge is -1.97. The van der Waals surface area contributed by atoms with Crippen molar-refractivity contribution in [1.82, 2.24) is 10.2 Å². The van der Waals surface area contributed by atoms with Crippen molar-refractivity contribution < 1.29 is 4.42 Å². The summed E-state index contributed by atoms with van der Waals surface area (Å²) in [5, 5.41) is 8.95. The Kier molecular flexibility index (Phi) is 4.25. The van der Waals surface area contributed by atoms with E-state index in [9.17, 15) is 0 Å². The Bertz CT molecular complexity index is 544. The van der Waals surface area contributed by atoms with Crippen molar-refractivity contribution in [2.24, 2.45) is 0 Å². The highest BCUT2D eigenvalue weighted by molar-refractivity contribution is 9.10. The van der Waals surface area contributed by atoms with Crippen molar-refractivity contribution in [3.05, 3.63) is 40.3 Å². The van der Waals surface area contributed by atoms with E-state index in [1.807, 2.05) is 24.3 Å². The molecule has 17 heavy (non-hydrogen) atoms. The molecular formula is C11H8BrClN2OS. The molecule has 2 rings (SSSR count). The van der Waals surface area contributed by atoms with Crippen LogP contribution in [0.2, 0.25) is 0 Å². The van der Waals surface area contributed by atoms with Gasteiger partial charge in [-0.05, 0) is 28.1 Å². The van der Waals surface area contributed by atoms with E-state index in [2.05, 4.69) is 32.7 Å². The van der Waals surface area contributed by atoms with Gasteiger partial charge in [-0.1, -0.05) is 42.1 Å². The molecule has 0 spiro atoms. The van der Waals surface area contributed by atoms with Gasteiger partial charge in [0.1, 0.15) is 0 Å². The molecule has 1 aromatic heterocycles. The van der Waals surface area contributed by atoms with Crippen LogP contribution < -0.4 is 0 Å². The van der Waals surface area contributed by atoms with E-state index in [0.29, 0.717) is 21.9 Å². The average Bonchev–Trinajstić information content (AvgIpc) is 2.75. The Balaban J connectivity index is 2.18. The molecule has 0 N–H and O–H groups in total. The van der Waals surface area contributed by atoms with Crippen molar-refractivity contribution in [2.45, 2.75) is 5.22 Å². The molecule has 1 aromatic carbocycles. The third-order valence-corrected chi connectivity index (χ3v) is 3.75. The standard InChI is InChI=1S/C11H8BrClN2OS/c1-7(13)6-17-11-15-14-10(16-11)8-4-2-3-5-9(8)12/h2-5H,1,6H2. The summed E-state index contributed by atoms with van der Waals surface area (Å²) in [4.78, 5) is 0. The number of nitrogens with zero attached hydrogens (tertiary/aromatic N) is 2. The van der Waals surface area contributed by atoms with Crippen molar-refractivity contribution in [3.63, 3.8) is 0 Å². The number of hydrogen-bond acceptors (Lipinski definition) is 4. The summed E-state index contributed by atoms with van der Waals surface area (Å²) in [5.41, 5.74) is 0.872. The van der Waals surface area contributed by atoms with Crippen LogP contribution >= 0.6 is 39.3 Å². The van der Waals surface area contributed by atoms with Crippen LogP contribution in [-0.4, -0.2) is 16.0 Å². The molecule has 1 heterocycles. The molecule has 6 heteroatoms. The molecular weight excluding hydrogens is 324 g/mol. The highest BCUT2D eigenvalue weighted by atomic mass is 79.9. The second-order valence-electron chi connectivity index (χ2n) is 3.16. The molecule has 0 saturated carbocycles. The van der Waals surface area contributed by atoms with Crippen LogP contribution in [0.1, 0.15) is 0 Å². The summed E-state index contributed by atoms with van der Waals surface area (Å²) in [7, 11) is 0. The maximum absolute atomic E-state index is 5.66. The van der Waals surface area contributed by atoms with Crippen LogP contribution in [-0.2, 0) is 0 Å². The SMILES string of the molecule is C=C(Cl)CSc1nnc(-c2ccccc2Br)o1. The largest absolute Gasteiger partial charge is 0.411 e. The zero-order valence-electron chi connectivity index (χ0n) is 8.69. The van der Waals surface area contributed by atoms with Crippen LogP contribution in [0.15, 0.2) is 50.0 Å². The number of thioether (sulfide) groups is 1. The summed E-state index contributed by atoms with van der Waals surface area (Å²) in [6.07, 6.45) is 0. The summed E-state index contributed by atoms with van der Waals surface area (Å²) in [6.45, 7) is 3.60. The van der Waals surface area contributed by atoms with Crippen LogP contribution in [0.4, 0.5) is 0 Å². The zero-order chi connectivity index (χ0) is 12.3. The first-order valence-corrected chi connectivity index (χ1v) is 6.87.